The highest BCUT2D eigenvalue weighted by atomic mass is 16.5. The minimum atomic E-state index is -0.224. The number of imide groups is 1. The van der Waals surface area contributed by atoms with Crippen LogP contribution in [0.2, 0.25) is 0 Å². The third-order valence-electron chi connectivity index (χ3n) is 7.84. The molecular formula is C30H35N3O6. The van der Waals surface area contributed by atoms with Gasteiger partial charge in [-0.05, 0) is 61.1 Å². The number of ketones is 1. The zero-order chi connectivity index (χ0) is 27.2. The van der Waals surface area contributed by atoms with Crippen molar-refractivity contribution < 1.29 is 28.7 Å². The molecule has 9 heteroatoms. The topological polar surface area (TPSA) is 114 Å². The van der Waals surface area contributed by atoms with Crippen molar-refractivity contribution >= 4 is 23.5 Å². The summed E-state index contributed by atoms with van der Waals surface area (Å²) in [6, 6.07) is 12.8. The van der Waals surface area contributed by atoms with E-state index in [0.717, 1.165) is 55.3 Å². The maximum Gasteiger partial charge on any atom is 0.251 e. The van der Waals surface area contributed by atoms with Crippen LogP contribution in [0.15, 0.2) is 42.5 Å². The standard InChI is InChI=1S/C30H35N3O6/c34-27-10-6-22(30(37)32-27)2-3-23-18-24-17-20(1-9-26(24)28(23)35)19-31-29(36)21-4-7-25(8-5-21)39-16-13-33-11-14-38-15-12-33/h1,4-5,7-9,17,22-23H,2-3,6,10-16,18-19H2,(H,31,36)(H,32,34,37). The SMILES string of the molecule is O=C1CCC(CCC2Cc3cc(CNC(=O)c4ccc(OCCN5CCOCC5)cc4)ccc3C2=O)C(=O)N1. The van der Waals surface area contributed by atoms with Gasteiger partial charge in [0, 0.05) is 55.6 Å². The fraction of sp³-hybridized carbons (Fsp3) is 0.467. The Kier molecular flexibility index (Phi) is 8.68. The van der Waals surface area contributed by atoms with E-state index in [-0.39, 0.29) is 35.3 Å². The number of hydrogen-bond donors (Lipinski definition) is 2. The first-order chi connectivity index (χ1) is 19.0. The number of nitrogens with one attached hydrogen (secondary N) is 2. The molecule has 5 rings (SSSR count). The van der Waals surface area contributed by atoms with Gasteiger partial charge in [-0.1, -0.05) is 18.2 Å². The molecule has 2 N–H and O–H groups in total. The summed E-state index contributed by atoms with van der Waals surface area (Å²) in [5.41, 5.74) is 3.20. The quantitative estimate of drug-likeness (QED) is 0.451. The molecule has 0 bridgehead atoms. The monoisotopic (exact) mass is 533 g/mol. The molecule has 2 fully saturated rings. The molecule has 2 aromatic carbocycles. The average molecular weight is 534 g/mol. The van der Waals surface area contributed by atoms with Crippen LogP contribution < -0.4 is 15.4 Å². The molecule has 2 atom stereocenters. The zero-order valence-corrected chi connectivity index (χ0v) is 22.1. The van der Waals surface area contributed by atoms with E-state index in [1.807, 2.05) is 30.3 Å². The molecular weight excluding hydrogens is 498 g/mol. The van der Waals surface area contributed by atoms with Gasteiger partial charge in [0.05, 0.1) is 13.2 Å². The number of morpholine rings is 1. The van der Waals surface area contributed by atoms with E-state index in [1.54, 1.807) is 12.1 Å². The van der Waals surface area contributed by atoms with Crippen molar-refractivity contribution in [2.45, 2.75) is 38.6 Å². The predicted molar refractivity (Wildman–Crippen MR) is 143 cm³/mol. The van der Waals surface area contributed by atoms with Gasteiger partial charge in [0.2, 0.25) is 11.8 Å². The number of hydrogen-bond acceptors (Lipinski definition) is 7. The van der Waals surface area contributed by atoms with Crippen LogP contribution in [0, 0.1) is 11.8 Å². The number of piperidine rings is 1. The molecule has 2 unspecified atom stereocenters. The van der Waals surface area contributed by atoms with E-state index in [2.05, 4.69) is 15.5 Å². The zero-order valence-electron chi connectivity index (χ0n) is 22.1. The Labute approximate surface area is 228 Å². The molecule has 0 saturated carbocycles. The predicted octanol–water partition coefficient (Wildman–Crippen LogP) is 2.52. The summed E-state index contributed by atoms with van der Waals surface area (Å²) in [6.45, 7) is 5.17. The molecule has 1 aliphatic carbocycles. The van der Waals surface area contributed by atoms with E-state index < -0.39 is 0 Å². The van der Waals surface area contributed by atoms with Gasteiger partial charge in [0.15, 0.2) is 5.78 Å². The molecule has 0 spiro atoms. The summed E-state index contributed by atoms with van der Waals surface area (Å²) in [4.78, 5) is 51.3. The third-order valence-corrected chi connectivity index (χ3v) is 7.84. The maximum atomic E-state index is 12.9. The van der Waals surface area contributed by atoms with Gasteiger partial charge in [0.25, 0.3) is 5.91 Å². The Morgan fingerprint density at radius 3 is 2.56 bits per heavy atom. The first-order valence-electron chi connectivity index (χ1n) is 13.8. The summed E-state index contributed by atoms with van der Waals surface area (Å²) < 4.78 is 11.2. The van der Waals surface area contributed by atoms with Gasteiger partial charge < -0.3 is 14.8 Å². The van der Waals surface area contributed by atoms with Crippen LogP contribution in [0.4, 0.5) is 0 Å². The number of amides is 3. The normalized spacial score (nSPS) is 21.4. The van der Waals surface area contributed by atoms with Crippen molar-refractivity contribution in [1.82, 2.24) is 15.5 Å². The minimum Gasteiger partial charge on any atom is -0.492 e. The van der Waals surface area contributed by atoms with Crippen molar-refractivity contribution in [3.8, 4) is 5.75 Å². The van der Waals surface area contributed by atoms with Crippen LogP contribution in [0.1, 0.15) is 57.5 Å². The summed E-state index contributed by atoms with van der Waals surface area (Å²) in [7, 11) is 0. The number of ether oxygens (including phenoxy) is 2. The van der Waals surface area contributed by atoms with Crippen LogP contribution in [0.3, 0.4) is 0 Å². The van der Waals surface area contributed by atoms with Gasteiger partial charge in [-0.2, -0.15) is 0 Å². The Morgan fingerprint density at radius 1 is 1.03 bits per heavy atom. The summed E-state index contributed by atoms with van der Waals surface area (Å²) in [5.74, 6) is -0.130. The number of nitrogens with zero attached hydrogens (tertiary/aromatic N) is 1. The minimum absolute atomic E-state index is 0.111. The lowest BCUT2D eigenvalue weighted by Crippen LogP contribution is -2.40. The Morgan fingerprint density at radius 2 is 1.79 bits per heavy atom. The lowest BCUT2D eigenvalue weighted by molar-refractivity contribution is -0.136. The number of benzene rings is 2. The second-order valence-electron chi connectivity index (χ2n) is 10.5. The molecule has 0 radical (unpaired) electrons. The molecule has 9 nitrogen and oxygen atoms in total. The van der Waals surface area contributed by atoms with E-state index >= 15 is 0 Å². The van der Waals surface area contributed by atoms with Crippen molar-refractivity contribution in [1.29, 1.82) is 0 Å². The summed E-state index contributed by atoms with van der Waals surface area (Å²) >= 11 is 0. The van der Waals surface area contributed by atoms with Crippen LogP contribution in [-0.2, 0) is 27.3 Å². The van der Waals surface area contributed by atoms with Gasteiger partial charge in [-0.15, -0.1) is 0 Å². The van der Waals surface area contributed by atoms with E-state index in [1.165, 1.54) is 0 Å². The van der Waals surface area contributed by atoms with Crippen LogP contribution in [0.25, 0.3) is 0 Å². The van der Waals surface area contributed by atoms with Crippen molar-refractivity contribution in [3.05, 3.63) is 64.7 Å². The summed E-state index contributed by atoms with van der Waals surface area (Å²) in [6.07, 6.45) is 2.77. The van der Waals surface area contributed by atoms with Gasteiger partial charge in [-0.3, -0.25) is 29.4 Å². The van der Waals surface area contributed by atoms with Gasteiger partial charge >= 0.3 is 0 Å². The fourth-order valence-electron chi connectivity index (χ4n) is 5.50. The van der Waals surface area contributed by atoms with Gasteiger partial charge in [0.1, 0.15) is 12.4 Å². The molecule has 39 heavy (non-hydrogen) atoms. The highest BCUT2D eigenvalue weighted by molar-refractivity contribution is 6.02. The number of rotatable bonds is 10. The Balaban J connectivity index is 1.07. The molecule has 3 amide bonds. The molecule has 2 aromatic rings. The number of carbonyl (C=O) groups excluding carboxylic acids is 4. The smallest absolute Gasteiger partial charge is 0.251 e. The van der Waals surface area contributed by atoms with Crippen molar-refractivity contribution in [3.63, 3.8) is 0 Å². The first-order valence-corrected chi connectivity index (χ1v) is 13.8. The third kappa shape index (κ3) is 6.91. The lowest BCUT2D eigenvalue weighted by atomic mass is 9.88. The number of Topliss-reactive ketones (excluding diaryl/α,β-unsaturated/α-hetero) is 1. The maximum absolute atomic E-state index is 12.9. The summed E-state index contributed by atoms with van der Waals surface area (Å²) in [5, 5.41) is 5.34. The number of carbonyl (C=O) groups is 4. The highest BCUT2D eigenvalue weighted by Crippen LogP contribution is 2.32. The van der Waals surface area contributed by atoms with Crippen LogP contribution in [-0.4, -0.2) is 67.9 Å². The second kappa shape index (κ2) is 12.5. The molecule has 2 aliphatic heterocycles. The Bertz CT molecular complexity index is 1220. The molecule has 0 aromatic heterocycles. The van der Waals surface area contributed by atoms with E-state index in [9.17, 15) is 19.2 Å². The largest absolute Gasteiger partial charge is 0.492 e. The highest BCUT2D eigenvalue weighted by Gasteiger charge is 2.33. The van der Waals surface area contributed by atoms with Crippen LogP contribution in [0.5, 0.6) is 5.75 Å². The fourth-order valence-corrected chi connectivity index (χ4v) is 5.50. The first kappa shape index (κ1) is 27.0. The molecule has 206 valence electrons. The Hall–Kier alpha value is -3.56. The van der Waals surface area contributed by atoms with Crippen molar-refractivity contribution in [2.75, 3.05) is 39.5 Å². The average Bonchev–Trinajstić information content (AvgIpc) is 3.26. The molecule has 3 aliphatic rings. The molecule has 2 saturated heterocycles. The van der Waals surface area contributed by atoms with E-state index in [4.69, 9.17) is 9.47 Å². The van der Waals surface area contributed by atoms with Crippen molar-refractivity contribution in [2.24, 2.45) is 11.8 Å². The lowest BCUT2D eigenvalue weighted by Gasteiger charge is -2.26. The number of fused-ring (bicyclic) bond motifs is 1. The van der Waals surface area contributed by atoms with Gasteiger partial charge in [-0.25, -0.2) is 0 Å². The molecule has 2 heterocycles. The van der Waals surface area contributed by atoms with E-state index in [0.29, 0.717) is 50.8 Å². The second-order valence-corrected chi connectivity index (χ2v) is 10.5. The van der Waals surface area contributed by atoms with Crippen LogP contribution >= 0.6 is 0 Å².